The zero-order valence-corrected chi connectivity index (χ0v) is 31.7. The fraction of sp³-hybridized carbons (Fsp3) is 0.537. The summed E-state index contributed by atoms with van der Waals surface area (Å²) in [4.78, 5) is 11.7. The molecule has 4 aliphatic heterocycles. The molecule has 3 aromatic carbocycles. The van der Waals surface area contributed by atoms with Crippen molar-refractivity contribution in [3.05, 3.63) is 83.4 Å². The van der Waals surface area contributed by atoms with E-state index in [1.165, 1.54) is 50.9 Å². The van der Waals surface area contributed by atoms with Gasteiger partial charge in [0.05, 0.1) is 44.6 Å². The lowest BCUT2D eigenvalue weighted by molar-refractivity contribution is -0.946. The van der Waals surface area contributed by atoms with Crippen LogP contribution in [0.4, 0.5) is 5.69 Å². The van der Waals surface area contributed by atoms with Gasteiger partial charge in [-0.3, -0.25) is 4.79 Å². The second kappa shape index (κ2) is 16.9. The molecule has 1 amide bonds. The first-order valence-corrected chi connectivity index (χ1v) is 18.9. The number of rotatable bonds is 15. The predicted octanol–water partition coefficient (Wildman–Crippen LogP) is 2.58. The molecule has 8 rings (SSSR count). The number of aliphatic hydroxyl groups is 2. The van der Waals surface area contributed by atoms with Gasteiger partial charge in [0.1, 0.15) is 35.5 Å². The van der Waals surface area contributed by atoms with E-state index in [1.54, 1.807) is 0 Å². The maximum atomic E-state index is 12.0. The van der Waals surface area contributed by atoms with Gasteiger partial charge in [0.25, 0.3) is 5.91 Å². The van der Waals surface area contributed by atoms with Crippen LogP contribution >= 0.6 is 0 Å². The van der Waals surface area contributed by atoms with Gasteiger partial charge in [-0.05, 0) is 55.0 Å². The van der Waals surface area contributed by atoms with Gasteiger partial charge in [0.15, 0.2) is 6.61 Å². The number of nitrogens with zero attached hydrogens (tertiary/aromatic N) is 1. The summed E-state index contributed by atoms with van der Waals surface area (Å²) in [7, 11) is 0. The van der Waals surface area contributed by atoms with E-state index in [9.17, 15) is 20.1 Å². The van der Waals surface area contributed by atoms with E-state index in [4.69, 9.17) is 14.2 Å². The molecule has 1 saturated carbocycles. The number of phenols is 1. The summed E-state index contributed by atoms with van der Waals surface area (Å²) in [5.74, 6) is 1.70. The highest BCUT2D eigenvalue weighted by Gasteiger charge is 2.48. The smallest absolute Gasteiger partial charge is 0.262 e. The number of quaternary nitrogens is 1. The molecule has 5 aliphatic rings. The molecule has 52 heavy (non-hydrogen) atoms. The highest BCUT2D eigenvalue weighted by Crippen LogP contribution is 2.43. The molecule has 4 atom stereocenters. The van der Waals surface area contributed by atoms with Crippen LogP contribution in [0.15, 0.2) is 66.7 Å². The summed E-state index contributed by atoms with van der Waals surface area (Å²) >= 11 is 0. The van der Waals surface area contributed by atoms with Gasteiger partial charge in [-0.25, -0.2) is 0 Å². The van der Waals surface area contributed by atoms with Crippen LogP contribution in [0.5, 0.6) is 17.2 Å². The van der Waals surface area contributed by atoms with E-state index in [0.29, 0.717) is 36.1 Å². The Morgan fingerprint density at radius 2 is 1.77 bits per heavy atom. The number of anilines is 1. The number of carbonyl (C=O) groups excluding carboxylic acids is 1. The molecular formula is C41H54BrN3O7. The lowest BCUT2D eigenvalue weighted by Gasteiger charge is -2.53. The number of phenolic OH excluding ortho intramolecular Hbond substituents is 1. The average molecular weight is 781 g/mol. The van der Waals surface area contributed by atoms with Crippen LogP contribution < -0.4 is 37.1 Å². The largest absolute Gasteiger partial charge is 1.00 e. The maximum Gasteiger partial charge on any atom is 0.262 e. The summed E-state index contributed by atoms with van der Waals surface area (Å²) < 4.78 is 19.5. The lowest BCUT2D eigenvalue weighted by atomic mass is 9.80. The molecule has 4 fully saturated rings. The monoisotopic (exact) mass is 779 g/mol. The molecule has 0 aromatic heterocycles. The molecule has 1 unspecified atom stereocenters. The number of hydrogen-bond donors (Lipinski definition) is 5. The van der Waals surface area contributed by atoms with Gasteiger partial charge in [-0.2, -0.15) is 0 Å². The third kappa shape index (κ3) is 8.61. The number of piperidine rings is 3. The molecule has 10 nitrogen and oxygen atoms in total. The Balaban J connectivity index is 0.00000464. The van der Waals surface area contributed by atoms with Gasteiger partial charge in [-0.15, -0.1) is 0 Å². The summed E-state index contributed by atoms with van der Waals surface area (Å²) in [5.41, 5.74) is 1.91. The Kier molecular flexibility index (Phi) is 12.5. The number of fused-ring (bicyclic) bond motifs is 4. The molecule has 11 heteroatoms. The molecule has 0 spiro atoms. The summed E-state index contributed by atoms with van der Waals surface area (Å²) in [5, 5.41) is 39.1. The van der Waals surface area contributed by atoms with E-state index in [2.05, 4.69) is 22.8 Å². The Hall–Kier alpha value is -3.19. The number of carbonyl (C=O) groups is 1. The third-order valence-corrected chi connectivity index (χ3v) is 12.0. The lowest BCUT2D eigenvalue weighted by Crippen LogP contribution is -3.00. The number of amides is 1. The quantitative estimate of drug-likeness (QED) is 0.118. The Morgan fingerprint density at radius 1 is 1.04 bits per heavy atom. The number of hydrogen-bond acceptors (Lipinski definition) is 8. The zero-order valence-electron chi connectivity index (χ0n) is 30.1. The zero-order chi connectivity index (χ0) is 35.4. The molecule has 2 bridgehead atoms. The van der Waals surface area contributed by atoms with Crippen LogP contribution in [0.25, 0.3) is 0 Å². The highest BCUT2D eigenvalue weighted by molar-refractivity contribution is 5.96. The molecule has 5 N–H and O–H groups in total. The Morgan fingerprint density at radius 3 is 2.50 bits per heavy atom. The van der Waals surface area contributed by atoms with Crippen molar-refractivity contribution in [1.29, 1.82) is 0 Å². The SMILES string of the molecule is CC(NC[C@H](O)c1cc(O)cc2c1OCC(=O)N2)c1ccc(OCCC[N+]23CCC(CC2)[C@@H](OC[C@@](O)(c2ccccc2)C2CCCC2)C3)cc1.[Br-]. The van der Waals surface area contributed by atoms with Crippen molar-refractivity contribution in [3.8, 4) is 17.2 Å². The van der Waals surface area contributed by atoms with Crippen LogP contribution in [0, 0.1) is 11.8 Å². The number of aliphatic hydroxyl groups excluding tert-OH is 1. The minimum absolute atomic E-state index is 0. The number of ether oxygens (including phenoxy) is 3. The predicted molar refractivity (Wildman–Crippen MR) is 195 cm³/mol. The Bertz CT molecular complexity index is 1630. The van der Waals surface area contributed by atoms with Crippen LogP contribution in [0.3, 0.4) is 0 Å². The minimum Gasteiger partial charge on any atom is -1.00 e. The first-order valence-electron chi connectivity index (χ1n) is 18.9. The van der Waals surface area contributed by atoms with Gasteiger partial charge < -0.3 is 61.6 Å². The Labute approximate surface area is 317 Å². The van der Waals surface area contributed by atoms with E-state index in [0.717, 1.165) is 53.7 Å². The fourth-order valence-electron chi connectivity index (χ4n) is 8.95. The third-order valence-electron chi connectivity index (χ3n) is 12.0. The van der Waals surface area contributed by atoms with Crippen LogP contribution in [0.1, 0.15) is 80.7 Å². The van der Waals surface area contributed by atoms with Crippen molar-refractivity contribution >= 4 is 11.6 Å². The number of aromatic hydroxyl groups is 1. The van der Waals surface area contributed by atoms with Crippen LogP contribution in [-0.4, -0.2) is 84.4 Å². The molecule has 1 aliphatic carbocycles. The van der Waals surface area contributed by atoms with Gasteiger partial charge in [0.2, 0.25) is 0 Å². The second-order valence-corrected chi connectivity index (χ2v) is 15.3. The molecule has 4 heterocycles. The number of halogens is 1. The summed E-state index contributed by atoms with van der Waals surface area (Å²) in [6, 6.07) is 21.1. The molecule has 3 saturated heterocycles. The van der Waals surface area contributed by atoms with E-state index in [-0.39, 0.29) is 59.9 Å². The van der Waals surface area contributed by atoms with Gasteiger partial charge in [0, 0.05) is 49.4 Å². The van der Waals surface area contributed by atoms with Crippen molar-refractivity contribution in [2.24, 2.45) is 11.8 Å². The van der Waals surface area contributed by atoms with E-state index >= 15 is 0 Å². The van der Waals surface area contributed by atoms with Crippen molar-refractivity contribution < 1.29 is 55.8 Å². The van der Waals surface area contributed by atoms with Crippen LogP contribution in [-0.2, 0) is 15.1 Å². The second-order valence-electron chi connectivity index (χ2n) is 15.3. The van der Waals surface area contributed by atoms with E-state index in [1.807, 2.05) is 49.4 Å². The summed E-state index contributed by atoms with van der Waals surface area (Å²) in [6.07, 6.45) is 7.08. The maximum absolute atomic E-state index is 12.0. The van der Waals surface area contributed by atoms with Crippen molar-refractivity contribution in [1.82, 2.24) is 5.32 Å². The molecule has 0 radical (unpaired) electrons. The first-order chi connectivity index (χ1) is 24.7. The minimum atomic E-state index is -0.945. The first kappa shape index (κ1) is 38.5. The molecule has 3 aromatic rings. The van der Waals surface area contributed by atoms with Crippen molar-refractivity contribution in [3.63, 3.8) is 0 Å². The average Bonchev–Trinajstić information content (AvgIpc) is 3.71. The summed E-state index contributed by atoms with van der Waals surface area (Å²) in [6.45, 7) is 7.64. The topological polar surface area (TPSA) is 130 Å². The van der Waals surface area contributed by atoms with Crippen molar-refractivity contribution in [2.45, 2.75) is 75.7 Å². The molecule has 282 valence electrons. The highest BCUT2D eigenvalue weighted by atomic mass is 79.9. The van der Waals surface area contributed by atoms with Crippen LogP contribution in [0.2, 0.25) is 0 Å². The van der Waals surface area contributed by atoms with Gasteiger partial charge >= 0.3 is 0 Å². The standard InChI is InChI=1S/C41H53N3O7.BrH/c1-28(42-24-37(46)35-22-33(45)23-36-40(35)50-26-39(47)43-36)29-12-14-34(15-13-29)49-21-7-18-44-19-16-30(17-20-44)38(25-44)51-27-41(48,32-10-5-6-11-32)31-8-3-2-4-9-31;/h2-4,8-9,12-15,22-23,28,30,32,37-38,42,46,48H,5-7,10-11,16-21,24-27H2,1H3,(H-,43,45,47);1H/t28?,30?,37-,38-,41+,44?;/m0./s1. The normalized spacial score (nSPS) is 24.9. The molecular weight excluding hydrogens is 726 g/mol. The van der Waals surface area contributed by atoms with E-state index < -0.39 is 11.7 Å². The number of benzene rings is 3. The van der Waals surface area contributed by atoms with Crippen molar-refractivity contribution in [2.75, 3.05) is 57.9 Å². The van der Waals surface area contributed by atoms with Gasteiger partial charge in [-0.1, -0.05) is 55.3 Å². The number of nitrogens with one attached hydrogen (secondary N) is 2. The fourth-order valence-corrected chi connectivity index (χ4v) is 8.95.